The van der Waals surface area contributed by atoms with Crippen molar-refractivity contribution in [3.63, 3.8) is 0 Å². The Morgan fingerprint density at radius 1 is 0.462 bits per heavy atom. The maximum absolute atomic E-state index is 11.1. The van der Waals surface area contributed by atoms with Crippen molar-refractivity contribution in [2.45, 2.75) is 149 Å². The van der Waals surface area contributed by atoms with E-state index in [4.69, 9.17) is 0 Å². The Balaban J connectivity index is 3.30. The van der Waals surface area contributed by atoms with Gasteiger partial charge < -0.3 is 5.21 Å². The monoisotopic (exact) mass is 367 g/mol. The molecule has 156 valence electrons. The predicted octanol–water partition coefficient (Wildman–Crippen LogP) is 7.24. The van der Waals surface area contributed by atoms with Crippen molar-refractivity contribution in [1.82, 2.24) is 0 Å². The van der Waals surface area contributed by atoms with Gasteiger partial charge in [0.05, 0.1) is 0 Å². The molecule has 0 amide bonds. The lowest BCUT2D eigenvalue weighted by molar-refractivity contribution is -0.376. The van der Waals surface area contributed by atoms with Crippen LogP contribution in [0.25, 0.3) is 0 Å². The first-order chi connectivity index (χ1) is 12.8. The van der Waals surface area contributed by atoms with Gasteiger partial charge in [0.2, 0.25) is 0 Å². The zero-order valence-electron chi connectivity index (χ0n) is 18.3. The van der Waals surface area contributed by atoms with E-state index in [2.05, 4.69) is 19.0 Å². The smallest absolute Gasteiger partial charge is 0.161 e. The van der Waals surface area contributed by atoms with Gasteiger partial charge in [-0.2, -0.15) is 0 Å². The summed E-state index contributed by atoms with van der Waals surface area (Å²) < 4.78 is 0. The van der Waals surface area contributed by atoms with E-state index in [1.54, 1.807) is 0 Å². The number of unbranched alkanes of at least 4 members (excludes halogenated alkanes) is 17. The molecule has 0 aliphatic carbocycles. The molecule has 0 aliphatic rings. The summed E-state index contributed by atoms with van der Waals surface area (Å²) in [4.78, 5) is 0. The summed E-state index contributed by atoms with van der Waals surface area (Å²) in [6.45, 7) is 4.55. The molecule has 26 heavy (non-hydrogen) atoms. The third-order valence-electron chi connectivity index (χ3n) is 5.56. The summed E-state index contributed by atoms with van der Waals surface area (Å²) >= 11 is 0. The van der Waals surface area contributed by atoms with Crippen LogP contribution < -0.4 is 5.16 Å². The van der Waals surface area contributed by atoms with Gasteiger partial charge in [0.15, 0.2) is 5.71 Å². The third kappa shape index (κ3) is 19.8. The highest BCUT2D eigenvalue weighted by Gasteiger charge is 2.04. The first-order valence-corrected chi connectivity index (χ1v) is 12.1. The van der Waals surface area contributed by atoms with E-state index in [9.17, 15) is 5.21 Å². The molecule has 2 heteroatoms. The second kappa shape index (κ2) is 22.5. The number of rotatable bonds is 21. The number of hydrogen-bond acceptors (Lipinski definition) is 1. The second-order valence-corrected chi connectivity index (χ2v) is 8.22. The molecule has 0 rings (SSSR count). The number of nitrogens with one attached hydrogen (secondary N) is 1. The van der Waals surface area contributed by atoms with Gasteiger partial charge in [-0.3, -0.25) is 0 Å². The van der Waals surface area contributed by atoms with Crippen molar-refractivity contribution in [3.05, 3.63) is 5.21 Å². The van der Waals surface area contributed by atoms with Crippen LogP contribution in [0, 0.1) is 5.21 Å². The molecule has 0 bridgehead atoms. The summed E-state index contributed by atoms with van der Waals surface area (Å²) in [5.74, 6) is 0. The maximum Gasteiger partial charge on any atom is 0.161 e. The van der Waals surface area contributed by atoms with E-state index in [0.29, 0.717) is 0 Å². The lowest BCUT2D eigenvalue weighted by Crippen LogP contribution is -2.65. The minimum absolute atomic E-state index is 0.996. The fourth-order valence-corrected chi connectivity index (χ4v) is 3.70. The minimum Gasteiger partial charge on any atom is -0.625 e. The molecule has 0 aromatic rings. The highest BCUT2D eigenvalue weighted by Crippen LogP contribution is 2.13. The number of hydrogen-bond donors (Lipinski definition) is 1. The Hall–Kier alpha value is -0.530. The van der Waals surface area contributed by atoms with E-state index in [1.165, 1.54) is 122 Å². The van der Waals surface area contributed by atoms with Crippen molar-refractivity contribution in [1.29, 1.82) is 0 Å². The first kappa shape index (κ1) is 25.5. The standard InChI is InChI=1S/C24H49NO/c1-3-5-7-9-11-13-14-15-17-19-21-23-24(25-26)22-20-18-16-12-10-8-6-4-2/h25H,3-23H2,1-2H3. The minimum atomic E-state index is 0.996. The Kier molecular flexibility index (Phi) is 22.1. The topological polar surface area (TPSA) is 37.0 Å². The first-order valence-electron chi connectivity index (χ1n) is 12.1. The molecule has 0 spiro atoms. The highest BCUT2D eigenvalue weighted by molar-refractivity contribution is 5.78. The lowest BCUT2D eigenvalue weighted by atomic mass is 10.0. The molecule has 0 fully saturated rings. The largest absolute Gasteiger partial charge is 0.625 e. The van der Waals surface area contributed by atoms with Crippen molar-refractivity contribution in [2.75, 3.05) is 0 Å². The van der Waals surface area contributed by atoms with E-state index < -0.39 is 0 Å². The van der Waals surface area contributed by atoms with Gasteiger partial charge in [0.25, 0.3) is 0 Å². The molecule has 0 aromatic heterocycles. The van der Waals surface area contributed by atoms with Crippen LogP contribution >= 0.6 is 0 Å². The summed E-state index contributed by atoms with van der Waals surface area (Å²) in [7, 11) is 0. The van der Waals surface area contributed by atoms with Crippen molar-refractivity contribution < 1.29 is 5.16 Å². The van der Waals surface area contributed by atoms with Crippen LogP contribution in [0.1, 0.15) is 149 Å². The molecule has 0 saturated carbocycles. The molecule has 0 radical (unpaired) electrons. The average Bonchev–Trinajstić information content (AvgIpc) is 2.66. The molecule has 0 unspecified atom stereocenters. The maximum atomic E-state index is 11.1. The normalized spacial score (nSPS) is 12.0. The van der Waals surface area contributed by atoms with Crippen LogP contribution in [0.4, 0.5) is 0 Å². The van der Waals surface area contributed by atoms with Crippen LogP contribution in [-0.2, 0) is 0 Å². The molecule has 0 saturated heterocycles. The van der Waals surface area contributed by atoms with E-state index in [-0.39, 0.29) is 0 Å². The zero-order chi connectivity index (χ0) is 19.1. The van der Waals surface area contributed by atoms with Crippen LogP contribution in [-0.4, -0.2) is 5.71 Å². The van der Waals surface area contributed by atoms with Crippen LogP contribution in [0.5, 0.6) is 0 Å². The van der Waals surface area contributed by atoms with Crippen molar-refractivity contribution >= 4 is 5.71 Å². The molecule has 1 N–H and O–H groups in total. The summed E-state index contributed by atoms with van der Waals surface area (Å²) in [6, 6.07) is 0. The molecule has 0 atom stereocenters. The Bertz CT molecular complexity index is 288. The Labute approximate surface area is 165 Å². The van der Waals surface area contributed by atoms with Gasteiger partial charge >= 0.3 is 0 Å². The molecule has 0 heterocycles. The Morgan fingerprint density at radius 2 is 0.731 bits per heavy atom. The van der Waals surface area contributed by atoms with Crippen LogP contribution in [0.2, 0.25) is 0 Å². The van der Waals surface area contributed by atoms with Crippen LogP contribution in [0.15, 0.2) is 0 Å². The highest BCUT2D eigenvalue weighted by atomic mass is 16.4. The second-order valence-electron chi connectivity index (χ2n) is 8.22. The van der Waals surface area contributed by atoms with Crippen molar-refractivity contribution in [3.8, 4) is 0 Å². The molecule has 0 aromatic carbocycles. The van der Waals surface area contributed by atoms with Crippen LogP contribution in [0.3, 0.4) is 0 Å². The molecule has 0 aliphatic heterocycles. The van der Waals surface area contributed by atoms with Gasteiger partial charge in [-0.25, -0.2) is 5.16 Å². The summed E-state index contributed by atoms with van der Waals surface area (Å²) in [6.07, 6.45) is 27.8. The van der Waals surface area contributed by atoms with Gasteiger partial charge in [-0.1, -0.05) is 123 Å². The van der Waals surface area contributed by atoms with Gasteiger partial charge in [-0.05, 0) is 12.8 Å². The molecule has 2 nitrogen and oxygen atoms in total. The molecular weight excluding hydrogens is 318 g/mol. The van der Waals surface area contributed by atoms with Gasteiger partial charge in [0, 0.05) is 12.8 Å². The molecular formula is C24H49NO. The quantitative estimate of drug-likeness (QED) is 0.0987. The predicted molar refractivity (Wildman–Crippen MR) is 118 cm³/mol. The average molecular weight is 368 g/mol. The SMILES string of the molecule is CCCCCCCCCCCCCC(CCCCCCCCCC)=[NH+][O-]. The van der Waals surface area contributed by atoms with Crippen molar-refractivity contribution in [2.24, 2.45) is 0 Å². The fraction of sp³-hybridized carbons (Fsp3) is 0.958. The van der Waals surface area contributed by atoms with Gasteiger partial charge in [0.1, 0.15) is 0 Å². The zero-order valence-corrected chi connectivity index (χ0v) is 18.3. The summed E-state index contributed by atoms with van der Waals surface area (Å²) in [5, 5.41) is 13.3. The fourth-order valence-electron chi connectivity index (χ4n) is 3.70. The lowest BCUT2D eigenvalue weighted by Gasteiger charge is -2.04. The van der Waals surface area contributed by atoms with Gasteiger partial charge in [-0.15, -0.1) is 0 Å². The van der Waals surface area contributed by atoms with E-state index in [0.717, 1.165) is 18.6 Å². The Morgan fingerprint density at radius 3 is 1.00 bits per heavy atom. The third-order valence-corrected chi connectivity index (χ3v) is 5.56. The summed E-state index contributed by atoms with van der Waals surface area (Å²) in [5.41, 5.74) is 1.05. The van der Waals surface area contributed by atoms with E-state index >= 15 is 0 Å². The van der Waals surface area contributed by atoms with E-state index in [1.807, 2.05) is 0 Å².